The van der Waals surface area contributed by atoms with Crippen LogP contribution in [-0.2, 0) is 6.42 Å². The number of rotatable bonds is 7. The van der Waals surface area contributed by atoms with Gasteiger partial charge in [-0.2, -0.15) is 0 Å². The maximum atomic E-state index is 6.00. The molecule has 2 aromatic rings. The van der Waals surface area contributed by atoms with Crippen LogP contribution >= 0.6 is 22.9 Å². The van der Waals surface area contributed by atoms with Gasteiger partial charge >= 0.3 is 0 Å². The summed E-state index contributed by atoms with van der Waals surface area (Å²) in [5.41, 5.74) is 0. The van der Waals surface area contributed by atoms with Crippen molar-refractivity contribution >= 4 is 28.9 Å². The highest BCUT2D eigenvalue weighted by Gasteiger charge is 2.08. The first-order chi connectivity index (χ1) is 11.6. The molecular formula is C17H23ClN4OS. The smallest absolute Gasteiger partial charge is 0.232 e. The number of halogens is 1. The number of nitrogens with zero attached hydrogens (tertiary/aromatic N) is 2. The van der Waals surface area contributed by atoms with Crippen molar-refractivity contribution in [3.05, 3.63) is 45.2 Å². The highest BCUT2D eigenvalue weighted by Crippen LogP contribution is 2.19. The van der Waals surface area contributed by atoms with Crippen molar-refractivity contribution in [3.63, 3.8) is 0 Å². The Morgan fingerprint density at radius 3 is 2.92 bits per heavy atom. The molecule has 0 fully saturated rings. The molecule has 0 aliphatic carbocycles. The molecule has 0 bridgehead atoms. The summed E-state index contributed by atoms with van der Waals surface area (Å²) in [5, 5.41) is 7.12. The molecule has 2 N–H and O–H groups in total. The number of aromatic nitrogens is 1. The van der Waals surface area contributed by atoms with Gasteiger partial charge in [-0.1, -0.05) is 11.6 Å². The molecule has 0 radical (unpaired) electrons. The molecule has 2 rings (SSSR count). The highest BCUT2D eigenvalue weighted by atomic mass is 35.5. The summed E-state index contributed by atoms with van der Waals surface area (Å²) in [7, 11) is 1.76. The van der Waals surface area contributed by atoms with Crippen molar-refractivity contribution in [2.45, 2.75) is 26.3 Å². The molecule has 24 heavy (non-hydrogen) atoms. The van der Waals surface area contributed by atoms with Crippen LogP contribution in [0.25, 0.3) is 0 Å². The molecule has 0 saturated heterocycles. The van der Waals surface area contributed by atoms with Gasteiger partial charge in [0.1, 0.15) is 11.6 Å². The molecule has 0 spiro atoms. The Morgan fingerprint density at radius 1 is 1.42 bits per heavy atom. The highest BCUT2D eigenvalue weighted by molar-refractivity contribution is 7.11. The third kappa shape index (κ3) is 6.02. The van der Waals surface area contributed by atoms with Gasteiger partial charge in [0.2, 0.25) is 5.88 Å². The average molecular weight is 367 g/mol. The second-order valence-corrected chi connectivity index (χ2v) is 7.18. The minimum absolute atomic E-state index is 0.292. The zero-order valence-corrected chi connectivity index (χ0v) is 15.7. The zero-order valence-electron chi connectivity index (χ0n) is 14.2. The standard InChI is InChI=1S/C17H23ClN4OS/c1-12(11-14-7-6-13(2)24-14)22-17(19-3)21-9-10-23-16-15(18)5-4-8-20-16/h4-8,12H,9-11H2,1-3H3,(H2,19,21,22). The summed E-state index contributed by atoms with van der Waals surface area (Å²) >= 11 is 7.83. The molecule has 0 aromatic carbocycles. The Balaban J connectivity index is 1.71. The van der Waals surface area contributed by atoms with Gasteiger partial charge in [-0.05, 0) is 38.1 Å². The summed E-state index contributed by atoms with van der Waals surface area (Å²) in [4.78, 5) is 11.0. The lowest BCUT2D eigenvalue weighted by atomic mass is 10.2. The van der Waals surface area contributed by atoms with Gasteiger partial charge in [0.25, 0.3) is 0 Å². The maximum Gasteiger partial charge on any atom is 0.232 e. The SMILES string of the molecule is CN=C(NCCOc1ncccc1Cl)NC(C)Cc1ccc(C)s1. The van der Waals surface area contributed by atoms with E-state index in [1.165, 1.54) is 9.75 Å². The summed E-state index contributed by atoms with van der Waals surface area (Å²) in [6.45, 7) is 5.33. The van der Waals surface area contributed by atoms with Gasteiger partial charge < -0.3 is 15.4 Å². The van der Waals surface area contributed by atoms with E-state index in [0.717, 1.165) is 12.4 Å². The molecule has 0 saturated carbocycles. The Hall–Kier alpha value is -1.79. The predicted octanol–water partition coefficient (Wildman–Crippen LogP) is 3.28. The van der Waals surface area contributed by atoms with E-state index in [-0.39, 0.29) is 0 Å². The van der Waals surface area contributed by atoms with Crippen molar-refractivity contribution in [1.29, 1.82) is 0 Å². The van der Waals surface area contributed by atoms with E-state index in [4.69, 9.17) is 16.3 Å². The first-order valence-corrected chi connectivity index (χ1v) is 9.03. The fourth-order valence-corrected chi connectivity index (χ4v) is 3.37. The number of aryl methyl sites for hydroxylation is 1. The summed E-state index contributed by atoms with van der Waals surface area (Å²) in [6, 6.07) is 8.15. The van der Waals surface area contributed by atoms with Crippen LogP contribution < -0.4 is 15.4 Å². The van der Waals surface area contributed by atoms with E-state index in [2.05, 4.69) is 46.6 Å². The second kappa shape index (κ2) is 9.49. The quantitative estimate of drug-likeness (QED) is 0.448. The molecule has 2 aromatic heterocycles. The number of aliphatic imine (C=N–C) groups is 1. The van der Waals surface area contributed by atoms with Crippen LogP contribution in [-0.4, -0.2) is 37.2 Å². The van der Waals surface area contributed by atoms with Gasteiger partial charge in [0.05, 0.1) is 6.54 Å². The molecule has 0 aliphatic heterocycles. The van der Waals surface area contributed by atoms with Crippen LogP contribution in [0.4, 0.5) is 0 Å². The van der Waals surface area contributed by atoms with Crippen LogP contribution in [0, 0.1) is 6.92 Å². The normalized spacial score (nSPS) is 12.8. The first-order valence-electron chi connectivity index (χ1n) is 7.84. The Kier molecular flexibility index (Phi) is 7.34. The van der Waals surface area contributed by atoms with Gasteiger partial charge in [0.15, 0.2) is 5.96 Å². The summed E-state index contributed by atoms with van der Waals surface area (Å²) < 4.78 is 5.55. The van der Waals surface area contributed by atoms with E-state index in [1.54, 1.807) is 25.4 Å². The van der Waals surface area contributed by atoms with Crippen molar-refractivity contribution in [1.82, 2.24) is 15.6 Å². The van der Waals surface area contributed by atoms with Gasteiger partial charge in [0, 0.05) is 35.5 Å². The number of pyridine rings is 1. The van der Waals surface area contributed by atoms with Gasteiger partial charge in [-0.25, -0.2) is 4.98 Å². The van der Waals surface area contributed by atoms with Crippen LogP contribution in [0.3, 0.4) is 0 Å². The lowest BCUT2D eigenvalue weighted by molar-refractivity contribution is 0.310. The second-order valence-electron chi connectivity index (χ2n) is 5.40. The number of ether oxygens (including phenoxy) is 1. The van der Waals surface area contributed by atoms with Gasteiger partial charge in [-0.3, -0.25) is 4.99 Å². The maximum absolute atomic E-state index is 6.00. The van der Waals surface area contributed by atoms with Crippen LogP contribution in [0.5, 0.6) is 5.88 Å². The van der Waals surface area contributed by atoms with E-state index in [0.29, 0.717) is 30.1 Å². The number of thiophene rings is 1. The fourth-order valence-electron chi connectivity index (χ4n) is 2.17. The van der Waals surface area contributed by atoms with E-state index >= 15 is 0 Å². The molecule has 0 aliphatic rings. The molecule has 2 heterocycles. The predicted molar refractivity (Wildman–Crippen MR) is 101 cm³/mol. The van der Waals surface area contributed by atoms with Crippen LogP contribution in [0.1, 0.15) is 16.7 Å². The molecule has 0 amide bonds. The first kappa shape index (κ1) is 18.5. The van der Waals surface area contributed by atoms with Crippen LogP contribution in [0.15, 0.2) is 35.5 Å². The Morgan fingerprint density at radius 2 is 2.25 bits per heavy atom. The number of hydrogen-bond donors (Lipinski definition) is 2. The number of guanidine groups is 1. The number of nitrogens with one attached hydrogen (secondary N) is 2. The van der Waals surface area contributed by atoms with Crippen molar-refractivity contribution in [3.8, 4) is 5.88 Å². The van der Waals surface area contributed by atoms with Crippen molar-refractivity contribution < 1.29 is 4.74 Å². The molecule has 1 unspecified atom stereocenters. The topological polar surface area (TPSA) is 58.5 Å². The minimum Gasteiger partial charge on any atom is -0.475 e. The largest absolute Gasteiger partial charge is 0.475 e. The Labute approximate surface area is 152 Å². The third-order valence-electron chi connectivity index (χ3n) is 3.27. The van der Waals surface area contributed by atoms with Gasteiger partial charge in [-0.15, -0.1) is 11.3 Å². The van der Waals surface area contributed by atoms with Crippen molar-refractivity contribution in [2.24, 2.45) is 4.99 Å². The van der Waals surface area contributed by atoms with Crippen LogP contribution in [0.2, 0.25) is 5.02 Å². The average Bonchev–Trinajstić information content (AvgIpc) is 2.96. The monoisotopic (exact) mass is 366 g/mol. The summed E-state index contributed by atoms with van der Waals surface area (Å²) in [6.07, 6.45) is 2.63. The summed E-state index contributed by atoms with van der Waals surface area (Å²) in [5.74, 6) is 1.21. The zero-order chi connectivity index (χ0) is 17.4. The third-order valence-corrected chi connectivity index (χ3v) is 4.58. The molecule has 7 heteroatoms. The Bertz CT molecular complexity index is 674. The van der Waals surface area contributed by atoms with E-state index < -0.39 is 0 Å². The number of hydrogen-bond acceptors (Lipinski definition) is 4. The lowest BCUT2D eigenvalue weighted by Gasteiger charge is -2.17. The lowest BCUT2D eigenvalue weighted by Crippen LogP contribution is -2.44. The fraction of sp³-hybridized carbons (Fsp3) is 0.412. The van der Waals surface area contributed by atoms with Crippen molar-refractivity contribution in [2.75, 3.05) is 20.2 Å². The molecule has 1 atom stereocenters. The molecule has 130 valence electrons. The molecular weight excluding hydrogens is 344 g/mol. The van der Waals surface area contributed by atoms with E-state index in [9.17, 15) is 0 Å². The van der Waals surface area contributed by atoms with E-state index in [1.807, 2.05) is 11.3 Å². The molecule has 5 nitrogen and oxygen atoms in total. The minimum atomic E-state index is 0.292.